The summed E-state index contributed by atoms with van der Waals surface area (Å²) in [5.41, 5.74) is 0. The van der Waals surface area contributed by atoms with Gasteiger partial charge in [0, 0.05) is 18.2 Å². The van der Waals surface area contributed by atoms with Crippen LogP contribution in [0.1, 0.15) is 25.5 Å². The highest BCUT2D eigenvalue weighted by Crippen LogP contribution is 2.19. The Morgan fingerprint density at radius 1 is 1.33 bits per heavy atom. The Morgan fingerprint density at radius 2 is 2.13 bits per heavy atom. The van der Waals surface area contributed by atoms with Gasteiger partial charge in [0.05, 0.1) is 0 Å². The molecule has 0 amide bonds. The van der Waals surface area contributed by atoms with Crippen molar-refractivity contribution in [2.24, 2.45) is 0 Å². The van der Waals surface area contributed by atoms with Gasteiger partial charge in [-0.25, -0.2) is 9.97 Å². The Kier molecular flexibility index (Phi) is 3.02. The summed E-state index contributed by atoms with van der Waals surface area (Å²) < 4.78 is 1.77. The second-order valence-corrected chi connectivity index (χ2v) is 4.24. The molecule has 2 aromatic rings. The quantitative estimate of drug-likeness (QED) is 0.831. The molecule has 0 atom stereocenters. The summed E-state index contributed by atoms with van der Waals surface area (Å²) in [7, 11) is 0. The SMILES string of the molecule is CCc1nc(CC)n(-c2nc(Cl)cs2)n1. The van der Waals surface area contributed by atoms with Gasteiger partial charge in [-0.3, -0.25) is 0 Å². The standard InChI is InChI=1S/C9H11ClN4S/c1-3-7-12-8(4-2)14(13-7)9-11-6(10)5-15-9/h5H,3-4H2,1-2H3. The Balaban J connectivity index is 2.46. The number of hydrogen-bond acceptors (Lipinski definition) is 4. The summed E-state index contributed by atoms with van der Waals surface area (Å²) in [6.45, 7) is 4.09. The third-order valence-electron chi connectivity index (χ3n) is 2.00. The van der Waals surface area contributed by atoms with Gasteiger partial charge < -0.3 is 0 Å². The number of hydrogen-bond donors (Lipinski definition) is 0. The van der Waals surface area contributed by atoms with E-state index in [1.54, 1.807) is 10.1 Å². The Bertz CT molecular complexity index is 462. The largest absolute Gasteiger partial charge is 0.216 e. The molecule has 2 rings (SSSR count). The molecule has 15 heavy (non-hydrogen) atoms. The van der Waals surface area contributed by atoms with E-state index < -0.39 is 0 Å². The van der Waals surface area contributed by atoms with Crippen molar-refractivity contribution in [3.8, 4) is 5.13 Å². The summed E-state index contributed by atoms with van der Waals surface area (Å²) in [6.07, 6.45) is 1.67. The molecular formula is C9H11ClN4S. The number of halogens is 1. The van der Waals surface area contributed by atoms with Crippen LogP contribution >= 0.6 is 22.9 Å². The normalized spacial score (nSPS) is 10.9. The molecule has 6 heteroatoms. The average molecular weight is 243 g/mol. The molecule has 0 aliphatic heterocycles. The monoisotopic (exact) mass is 242 g/mol. The van der Waals surface area contributed by atoms with Crippen molar-refractivity contribution in [2.45, 2.75) is 26.7 Å². The first kappa shape index (κ1) is 10.6. The van der Waals surface area contributed by atoms with Crippen LogP contribution in [0.4, 0.5) is 0 Å². The molecule has 0 radical (unpaired) electrons. The molecule has 2 aromatic heterocycles. The highest BCUT2D eigenvalue weighted by atomic mass is 35.5. The topological polar surface area (TPSA) is 43.6 Å². The van der Waals surface area contributed by atoms with Gasteiger partial charge in [0.15, 0.2) is 5.82 Å². The first-order chi connectivity index (χ1) is 7.24. The molecular weight excluding hydrogens is 232 g/mol. The van der Waals surface area contributed by atoms with E-state index in [0.717, 1.165) is 29.6 Å². The molecule has 0 aliphatic carbocycles. The fraction of sp³-hybridized carbons (Fsp3) is 0.444. The molecule has 0 saturated carbocycles. The minimum absolute atomic E-state index is 0.505. The Labute approximate surface area is 96.9 Å². The zero-order valence-electron chi connectivity index (χ0n) is 8.57. The third kappa shape index (κ3) is 2.03. The van der Waals surface area contributed by atoms with Crippen molar-refractivity contribution >= 4 is 22.9 Å². The summed E-state index contributed by atoms with van der Waals surface area (Å²) in [5, 5.41) is 7.46. The van der Waals surface area contributed by atoms with Gasteiger partial charge >= 0.3 is 0 Å². The van der Waals surface area contributed by atoms with Gasteiger partial charge in [0.2, 0.25) is 5.13 Å². The van der Waals surface area contributed by atoms with Crippen molar-refractivity contribution in [1.82, 2.24) is 19.7 Å². The first-order valence-corrected chi connectivity index (χ1v) is 6.06. The molecule has 0 aromatic carbocycles. The molecule has 80 valence electrons. The number of nitrogens with zero attached hydrogens (tertiary/aromatic N) is 4. The van der Waals surface area contributed by atoms with E-state index in [-0.39, 0.29) is 0 Å². The van der Waals surface area contributed by atoms with Crippen LogP contribution in [0.25, 0.3) is 5.13 Å². The zero-order chi connectivity index (χ0) is 10.8. The maximum absolute atomic E-state index is 5.78. The number of thiazole rings is 1. The number of rotatable bonds is 3. The lowest BCUT2D eigenvalue weighted by Crippen LogP contribution is -2.01. The Morgan fingerprint density at radius 3 is 2.67 bits per heavy atom. The van der Waals surface area contributed by atoms with Crippen LogP contribution in [0, 0.1) is 0 Å². The van der Waals surface area contributed by atoms with Crippen molar-refractivity contribution in [2.75, 3.05) is 0 Å². The van der Waals surface area contributed by atoms with Crippen LogP contribution in [-0.4, -0.2) is 19.7 Å². The predicted octanol–water partition coefficient (Wildman–Crippen LogP) is 2.50. The van der Waals surface area contributed by atoms with E-state index in [1.165, 1.54) is 11.3 Å². The van der Waals surface area contributed by atoms with E-state index in [1.807, 2.05) is 6.92 Å². The van der Waals surface area contributed by atoms with Crippen LogP contribution in [-0.2, 0) is 12.8 Å². The molecule has 0 bridgehead atoms. The van der Waals surface area contributed by atoms with Crippen molar-refractivity contribution in [3.63, 3.8) is 0 Å². The van der Waals surface area contributed by atoms with Gasteiger partial charge in [-0.15, -0.1) is 16.4 Å². The lowest BCUT2D eigenvalue weighted by atomic mass is 10.4. The molecule has 0 N–H and O–H groups in total. The summed E-state index contributed by atoms with van der Waals surface area (Å²) in [6, 6.07) is 0. The highest BCUT2D eigenvalue weighted by molar-refractivity contribution is 7.12. The molecule has 4 nitrogen and oxygen atoms in total. The van der Waals surface area contributed by atoms with Crippen LogP contribution in [0.3, 0.4) is 0 Å². The molecule has 0 spiro atoms. The van der Waals surface area contributed by atoms with Crippen LogP contribution in [0.15, 0.2) is 5.38 Å². The van der Waals surface area contributed by atoms with Crippen molar-refractivity contribution in [3.05, 3.63) is 22.2 Å². The number of aromatic nitrogens is 4. The minimum atomic E-state index is 0.505. The predicted molar refractivity (Wildman–Crippen MR) is 60.8 cm³/mol. The zero-order valence-corrected chi connectivity index (χ0v) is 10.1. The molecule has 2 heterocycles. The molecule has 0 fully saturated rings. The maximum Gasteiger partial charge on any atom is 0.213 e. The van der Waals surface area contributed by atoms with Crippen LogP contribution in [0.2, 0.25) is 5.15 Å². The van der Waals surface area contributed by atoms with Gasteiger partial charge in [-0.05, 0) is 0 Å². The van der Waals surface area contributed by atoms with E-state index in [0.29, 0.717) is 5.15 Å². The third-order valence-corrected chi connectivity index (χ3v) is 3.13. The Hall–Kier alpha value is -0.940. The van der Waals surface area contributed by atoms with E-state index in [2.05, 4.69) is 22.0 Å². The van der Waals surface area contributed by atoms with E-state index in [9.17, 15) is 0 Å². The first-order valence-electron chi connectivity index (χ1n) is 4.80. The van der Waals surface area contributed by atoms with Crippen LogP contribution in [0.5, 0.6) is 0 Å². The smallest absolute Gasteiger partial charge is 0.213 e. The summed E-state index contributed by atoms with van der Waals surface area (Å²) in [4.78, 5) is 8.59. The van der Waals surface area contributed by atoms with E-state index in [4.69, 9.17) is 11.6 Å². The molecule has 0 saturated heterocycles. The van der Waals surface area contributed by atoms with Gasteiger partial charge in [0.25, 0.3) is 0 Å². The van der Waals surface area contributed by atoms with Crippen molar-refractivity contribution in [1.29, 1.82) is 0 Å². The fourth-order valence-corrected chi connectivity index (χ4v) is 2.18. The minimum Gasteiger partial charge on any atom is -0.216 e. The summed E-state index contributed by atoms with van der Waals surface area (Å²) in [5.74, 6) is 1.77. The van der Waals surface area contributed by atoms with Crippen LogP contribution < -0.4 is 0 Å². The summed E-state index contributed by atoms with van der Waals surface area (Å²) >= 11 is 7.26. The molecule has 0 unspecified atom stereocenters. The van der Waals surface area contributed by atoms with Crippen molar-refractivity contribution < 1.29 is 0 Å². The highest BCUT2D eigenvalue weighted by Gasteiger charge is 2.11. The lowest BCUT2D eigenvalue weighted by Gasteiger charge is -1.97. The van der Waals surface area contributed by atoms with Gasteiger partial charge in [-0.1, -0.05) is 25.4 Å². The van der Waals surface area contributed by atoms with Gasteiger partial charge in [-0.2, -0.15) is 4.68 Å². The second-order valence-electron chi connectivity index (χ2n) is 3.02. The number of aryl methyl sites for hydroxylation is 2. The lowest BCUT2D eigenvalue weighted by molar-refractivity contribution is 0.785. The maximum atomic E-state index is 5.78. The van der Waals surface area contributed by atoms with Gasteiger partial charge in [0.1, 0.15) is 11.0 Å². The average Bonchev–Trinajstić information content (AvgIpc) is 2.82. The second kappa shape index (κ2) is 4.28. The molecule has 0 aliphatic rings. The fourth-order valence-electron chi connectivity index (χ4n) is 1.27. The van der Waals surface area contributed by atoms with E-state index >= 15 is 0 Å².